The van der Waals surface area contributed by atoms with Crippen LogP contribution in [-0.2, 0) is 4.79 Å². The molecule has 0 unspecified atom stereocenters. The topological polar surface area (TPSA) is 29.1 Å². The Labute approximate surface area is 108 Å². The van der Waals surface area contributed by atoms with E-state index in [1.165, 1.54) is 19.3 Å². The molecular formula is C12H13BrClNO. The van der Waals surface area contributed by atoms with Gasteiger partial charge in [0.15, 0.2) is 0 Å². The molecule has 4 heteroatoms. The molecule has 2 rings (SSSR count). The summed E-state index contributed by atoms with van der Waals surface area (Å²) in [6.07, 6.45) is 4.28. The van der Waals surface area contributed by atoms with E-state index < -0.39 is 0 Å². The van der Waals surface area contributed by atoms with Gasteiger partial charge in [0.1, 0.15) is 0 Å². The Balaban J connectivity index is 1.92. The van der Waals surface area contributed by atoms with E-state index in [0.717, 1.165) is 10.2 Å². The minimum absolute atomic E-state index is 0.0862. The zero-order valence-corrected chi connectivity index (χ0v) is 11.1. The first kappa shape index (κ1) is 11.9. The number of nitrogens with one attached hydrogen (secondary N) is 1. The van der Waals surface area contributed by atoms with E-state index in [0.29, 0.717) is 17.4 Å². The quantitative estimate of drug-likeness (QED) is 0.889. The maximum atomic E-state index is 11.6. The Kier molecular flexibility index (Phi) is 3.87. The monoisotopic (exact) mass is 301 g/mol. The van der Waals surface area contributed by atoms with Crippen LogP contribution in [-0.4, -0.2) is 5.91 Å². The average molecular weight is 303 g/mol. The lowest BCUT2D eigenvalue weighted by molar-refractivity contribution is -0.117. The van der Waals surface area contributed by atoms with Crippen LogP contribution >= 0.6 is 27.5 Å². The van der Waals surface area contributed by atoms with E-state index in [1.807, 2.05) is 12.1 Å². The van der Waals surface area contributed by atoms with E-state index in [4.69, 9.17) is 11.6 Å². The maximum Gasteiger partial charge on any atom is 0.224 e. The molecule has 1 aromatic rings. The third-order valence-corrected chi connectivity index (χ3v) is 4.13. The van der Waals surface area contributed by atoms with E-state index in [1.54, 1.807) is 6.07 Å². The number of rotatable bonds is 3. The zero-order valence-electron chi connectivity index (χ0n) is 8.80. The van der Waals surface area contributed by atoms with Crippen molar-refractivity contribution in [3.8, 4) is 0 Å². The summed E-state index contributed by atoms with van der Waals surface area (Å²) in [5, 5.41) is 3.48. The van der Waals surface area contributed by atoms with Gasteiger partial charge in [-0.15, -0.1) is 0 Å². The van der Waals surface area contributed by atoms with Gasteiger partial charge in [-0.2, -0.15) is 0 Å². The highest BCUT2D eigenvalue weighted by atomic mass is 79.9. The second kappa shape index (κ2) is 5.19. The Morgan fingerprint density at radius 3 is 2.81 bits per heavy atom. The fourth-order valence-electron chi connectivity index (χ4n) is 1.75. The number of hydrogen-bond acceptors (Lipinski definition) is 1. The van der Waals surface area contributed by atoms with Crippen LogP contribution in [0, 0.1) is 5.92 Å². The Bertz CT molecular complexity index is 404. The summed E-state index contributed by atoms with van der Waals surface area (Å²) in [4.78, 5) is 11.6. The summed E-state index contributed by atoms with van der Waals surface area (Å²) in [6.45, 7) is 0. The number of amides is 1. The number of carbonyl (C=O) groups is 1. The van der Waals surface area contributed by atoms with Crippen LogP contribution in [0.25, 0.3) is 0 Å². The van der Waals surface area contributed by atoms with Gasteiger partial charge in [-0.05, 0) is 52.9 Å². The average Bonchev–Trinajstić information content (AvgIpc) is 2.18. The molecule has 1 fully saturated rings. The summed E-state index contributed by atoms with van der Waals surface area (Å²) in [6, 6.07) is 5.43. The fourth-order valence-corrected chi connectivity index (χ4v) is 2.17. The molecule has 0 radical (unpaired) electrons. The molecule has 0 bridgehead atoms. The molecule has 1 aromatic carbocycles. The van der Waals surface area contributed by atoms with E-state index in [9.17, 15) is 4.79 Å². The standard InChI is InChI=1S/C12H13BrClNO/c13-10-5-4-9(7-11(10)14)15-12(16)6-8-2-1-3-8/h4-5,7-8H,1-3,6H2,(H,15,16). The molecule has 16 heavy (non-hydrogen) atoms. The van der Waals surface area contributed by atoms with Crippen molar-refractivity contribution in [2.24, 2.45) is 5.92 Å². The van der Waals surface area contributed by atoms with Crippen molar-refractivity contribution in [2.75, 3.05) is 5.32 Å². The van der Waals surface area contributed by atoms with E-state index >= 15 is 0 Å². The lowest BCUT2D eigenvalue weighted by Gasteiger charge is -2.24. The molecule has 86 valence electrons. The van der Waals surface area contributed by atoms with Gasteiger partial charge in [-0.25, -0.2) is 0 Å². The first-order valence-corrected chi connectivity index (χ1v) is 6.57. The summed E-state index contributed by atoms with van der Waals surface area (Å²) in [5.74, 6) is 0.675. The Morgan fingerprint density at radius 1 is 1.50 bits per heavy atom. The molecular weight excluding hydrogens is 289 g/mol. The van der Waals surface area contributed by atoms with Crippen molar-refractivity contribution < 1.29 is 4.79 Å². The molecule has 0 saturated heterocycles. The molecule has 2 nitrogen and oxygen atoms in total. The molecule has 1 aliphatic rings. The number of carbonyl (C=O) groups excluding carboxylic acids is 1. The molecule has 1 aliphatic carbocycles. The number of anilines is 1. The van der Waals surface area contributed by atoms with Gasteiger partial charge in [0.05, 0.1) is 5.02 Å². The number of halogens is 2. The van der Waals surface area contributed by atoms with E-state index in [-0.39, 0.29) is 5.91 Å². The molecule has 1 saturated carbocycles. The SMILES string of the molecule is O=C(CC1CCC1)Nc1ccc(Br)c(Cl)c1. The minimum atomic E-state index is 0.0862. The molecule has 0 aromatic heterocycles. The summed E-state index contributed by atoms with van der Waals surface area (Å²) in [7, 11) is 0. The maximum absolute atomic E-state index is 11.6. The molecule has 1 amide bonds. The van der Waals surface area contributed by atoms with Crippen LogP contribution in [0.1, 0.15) is 25.7 Å². The molecule has 0 atom stereocenters. The normalized spacial score (nSPS) is 15.6. The van der Waals surface area contributed by atoms with Gasteiger partial charge < -0.3 is 5.32 Å². The first-order valence-electron chi connectivity index (χ1n) is 5.40. The van der Waals surface area contributed by atoms with Crippen LogP contribution in [0.15, 0.2) is 22.7 Å². The van der Waals surface area contributed by atoms with Crippen LogP contribution in [0.3, 0.4) is 0 Å². The van der Waals surface area contributed by atoms with Crippen molar-refractivity contribution >= 4 is 39.1 Å². The fraction of sp³-hybridized carbons (Fsp3) is 0.417. The third kappa shape index (κ3) is 2.98. The van der Waals surface area contributed by atoms with Gasteiger partial charge >= 0.3 is 0 Å². The smallest absolute Gasteiger partial charge is 0.224 e. The summed E-state index contributed by atoms with van der Waals surface area (Å²) < 4.78 is 0.839. The van der Waals surface area contributed by atoms with Gasteiger partial charge in [0, 0.05) is 16.6 Å². The minimum Gasteiger partial charge on any atom is -0.326 e. The largest absolute Gasteiger partial charge is 0.326 e. The lowest BCUT2D eigenvalue weighted by Crippen LogP contribution is -2.20. The second-order valence-corrected chi connectivity index (χ2v) is 5.44. The highest BCUT2D eigenvalue weighted by Crippen LogP contribution is 2.30. The van der Waals surface area contributed by atoms with Crippen molar-refractivity contribution in [1.29, 1.82) is 0 Å². The summed E-state index contributed by atoms with van der Waals surface area (Å²) >= 11 is 9.25. The highest BCUT2D eigenvalue weighted by molar-refractivity contribution is 9.10. The van der Waals surface area contributed by atoms with Crippen LogP contribution in [0.4, 0.5) is 5.69 Å². The van der Waals surface area contributed by atoms with Gasteiger partial charge in [0.2, 0.25) is 5.91 Å². The van der Waals surface area contributed by atoms with Gasteiger partial charge in [0.25, 0.3) is 0 Å². The van der Waals surface area contributed by atoms with Gasteiger partial charge in [-0.1, -0.05) is 18.0 Å². The predicted molar refractivity (Wildman–Crippen MR) is 69.7 cm³/mol. The highest BCUT2D eigenvalue weighted by Gasteiger charge is 2.20. The van der Waals surface area contributed by atoms with E-state index in [2.05, 4.69) is 21.2 Å². The van der Waals surface area contributed by atoms with Crippen molar-refractivity contribution in [3.05, 3.63) is 27.7 Å². The molecule has 0 heterocycles. The predicted octanol–water partition coefficient (Wildman–Crippen LogP) is 4.23. The van der Waals surface area contributed by atoms with Crippen LogP contribution in [0.5, 0.6) is 0 Å². The van der Waals surface area contributed by atoms with Crippen molar-refractivity contribution in [2.45, 2.75) is 25.7 Å². The van der Waals surface area contributed by atoms with Gasteiger partial charge in [-0.3, -0.25) is 4.79 Å². The zero-order chi connectivity index (χ0) is 11.5. The molecule has 0 spiro atoms. The number of benzene rings is 1. The van der Waals surface area contributed by atoms with Crippen molar-refractivity contribution in [3.63, 3.8) is 0 Å². The first-order chi connectivity index (χ1) is 7.65. The summed E-state index contributed by atoms with van der Waals surface area (Å²) in [5.41, 5.74) is 0.762. The Hall–Kier alpha value is -0.540. The Morgan fingerprint density at radius 2 is 2.25 bits per heavy atom. The third-order valence-electron chi connectivity index (χ3n) is 2.90. The second-order valence-electron chi connectivity index (χ2n) is 4.18. The van der Waals surface area contributed by atoms with Crippen molar-refractivity contribution in [1.82, 2.24) is 0 Å². The van der Waals surface area contributed by atoms with Crippen LogP contribution in [0.2, 0.25) is 5.02 Å². The molecule has 1 N–H and O–H groups in total. The van der Waals surface area contributed by atoms with Crippen LogP contribution < -0.4 is 5.32 Å². The number of hydrogen-bond donors (Lipinski definition) is 1. The lowest BCUT2D eigenvalue weighted by atomic mass is 9.83. The molecule has 0 aliphatic heterocycles.